The van der Waals surface area contributed by atoms with Gasteiger partial charge in [0, 0.05) is 13.0 Å². The Morgan fingerprint density at radius 3 is 2.70 bits per heavy atom. The van der Waals surface area contributed by atoms with Crippen molar-refractivity contribution < 1.29 is 22.0 Å². The third kappa shape index (κ3) is 5.10. The van der Waals surface area contributed by atoms with Crippen molar-refractivity contribution in [2.45, 2.75) is 29.8 Å². The standard InChI is InChI=1S/C13H17F2N3O3S.ClH/c1-16-22(20,21)10-4-2-3-9(5-10)7-17-12(19)11-6-13(14,15)8-18-11;/h2-5,11,16,18H,6-8H2,1H3,(H,17,19);1H. The highest BCUT2D eigenvalue weighted by Crippen LogP contribution is 2.25. The molecule has 1 unspecified atom stereocenters. The number of halogens is 3. The van der Waals surface area contributed by atoms with E-state index < -0.39 is 40.9 Å². The lowest BCUT2D eigenvalue weighted by molar-refractivity contribution is -0.123. The fraction of sp³-hybridized carbons (Fsp3) is 0.462. The Morgan fingerprint density at radius 2 is 2.13 bits per heavy atom. The molecule has 0 aliphatic carbocycles. The zero-order chi connectivity index (χ0) is 16.4. The van der Waals surface area contributed by atoms with E-state index in [1.165, 1.54) is 19.2 Å². The SMILES string of the molecule is CNS(=O)(=O)c1cccc(CNC(=O)C2CC(F)(F)CN2)c1.Cl. The predicted octanol–water partition coefficient (Wildman–Crippen LogP) is 0.630. The molecule has 1 fully saturated rings. The van der Waals surface area contributed by atoms with Gasteiger partial charge >= 0.3 is 0 Å². The van der Waals surface area contributed by atoms with Crippen LogP contribution in [-0.4, -0.2) is 39.9 Å². The van der Waals surface area contributed by atoms with Gasteiger partial charge in [0.05, 0.1) is 17.5 Å². The molecule has 10 heteroatoms. The first kappa shape index (κ1) is 19.8. The number of benzene rings is 1. The summed E-state index contributed by atoms with van der Waals surface area (Å²) in [5, 5.41) is 4.99. The number of alkyl halides is 2. The first-order valence-electron chi connectivity index (χ1n) is 6.65. The largest absolute Gasteiger partial charge is 0.351 e. The van der Waals surface area contributed by atoms with Crippen molar-refractivity contribution in [1.29, 1.82) is 0 Å². The summed E-state index contributed by atoms with van der Waals surface area (Å²) in [6, 6.07) is 5.11. The van der Waals surface area contributed by atoms with Crippen LogP contribution >= 0.6 is 12.4 Å². The molecule has 2 rings (SSSR count). The van der Waals surface area contributed by atoms with Crippen molar-refractivity contribution in [2.24, 2.45) is 0 Å². The monoisotopic (exact) mass is 369 g/mol. The molecule has 0 aromatic heterocycles. The molecular formula is C13H18ClF2N3O3S. The molecular weight excluding hydrogens is 352 g/mol. The van der Waals surface area contributed by atoms with Gasteiger partial charge in [0.15, 0.2) is 0 Å². The second-order valence-corrected chi connectivity index (χ2v) is 6.95. The molecule has 3 N–H and O–H groups in total. The number of amides is 1. The smallest absolute Gasteiger partial charge is 0.262 e. The Labute approximate surface area is 139 Å². The van der Waals surface area contributed by atoms with Gasteiger partial charge < -0.3 is 5.32 Å². The Balaban J connectivity index is 0.00000264. The van der Waals surface area contributed by atoms with E-state index in [4.69, 9.17) is 0 Å². The van der Waals surface area contributed by atoms with Crippen molar-refractivity contribution in [3.05, 3.63) is 29.8 Å². The molecule has 130 valence electrons. The van der Waals surface area contributed by atoms with Gasteiger partial charge in [-0.3, -0.25) is 10.1 Å². The van der Waals surface area contributed by atoms with E-state index in [1.54, 1.807) is 12.1 Å². The predicted molar refractivity (Wildman–Crippen MR) is 83.1 cm³/mol. The van der Waals surface area contributed by atoms with Crippen LogP contribution in [0.2, 0.25) is 0 Å². The van der Waals surface area contributed by atoms with Gasteiger partial charge in [-0.15, -0.1) is 12.4 Å². The molecule has 0 radical (unpaired) electrons. The minimum absolute atomic E-state index is 0. The molecule has 0 spiro atoms. The summed E-state index contributed by atoms with van der Waals surface area (Å²) in [6.07, 6.45) is -0.535. The second-order valence-electron chi connectivity index (χ2n) is 5.07. The maximum Gasteiger partial charge on any atom is 0.262 e. The van der Waals surface area contributed by atoms with Gasteiger partial charge in [-0.2, -0.15) is 0 Å². The van der Waals surface area contributed by atoms with Crippen molar-refractivity contribution >= 4 is 28.3 Å². The lowest BCUT2D eigenvalue weighted by Crippen LogP contribution is -2.40. The minimum Gasteiger partial charge on any atom is -0.351 e. The Bertz CT molecular complexity index is 670. The third-order valence-corrected chi connectivity index (χ3v) is 4.78. The molecule has 1 aromatic rings. The zero-order valence-electron chi connectivity index (χ0n) is 12.3. The molecule has 0 saturated carbocycles. The quantitative estimate of drug-likeness (QED) is 0.710. The number of hydrogen-bond acceptors (Lipinski definition) is 4. The van der Waals surface area contributed by atoms with Crippen molar-refractivity contribution in [1.82, 2.24) is 15.4 Å². The van der Waals surface area contributed by atoms with E-state index in [-0.39, 0.29) is 23.8 Å². The highest BCUT2D eigenvalue weighted by Gasteiger charge is 2.42. The molecule has 1 saturated heterocycles. The number of nitrogens with one attached hydrogen (secondary N) is 3. The average Bonchev–Trinajstić information content (AvgIpc) is 2.85. The van der Waals surface area contributed by atoms with Crippen LogP contribution in [0.25, 0.3) is 0 Å². The first-order valence-corrected chi connectivity index (χ1v) is 8.13. The molecule has 1 heterocycles. The van der Waals surface area contributed by atoms with E-state index in [0.29, 0.717) is 5.56 Å². The highest BCUT2D eigenvalue weighted by molar-refractivity contribution is 7.89. The lowest BCUT2D eigenvalue weighted by Gasteiger charge is -2.12. The van der Waals surface area contributed by atoms with E-state index in [9.17, 15) is 22.0 Å². The van der Waals surface area contributed by atoms with E-state index in [0.717, 1.165) is 0 Å². The fourth-order valence-corrected chi connectivity index (χ4v) is 2.95. The number of hydrogen-bond donors (Lipinski definition) is 3. The van der Waals surface area contributed by atoms with Gasteiger partial charge in [0.2, 0.25) is 15.9 Å². The van der Waals surface area contributed by atoms with Crippen molar-refractivity contribution in [3.8, 4) is 0 Å². The summed E-state index contributed by atoms with van der Waals surface area (Å²) >= 11 is 0. The third-order valence-electron chi connectivity index (χ3n) is 3.37. The lowest BCUT2D eigenvalue weighted by atomic mass is 10.1. The summed E-state index contributed by atoms with van der Waals surface area (Å²) in [5.74, 6) is -3.40. The van der Waals surface area contributed by atoms with E-state index >= 15 is 0 Å². The average molecular weight is 370 g/mol. The van der Waals surface area contributed by atoms with Gasteiger partial charge in [0.25, 0.3) is 5.92 Å². The molecule has 23 heavy (non-hydrogen) atoms. The molecule has 1 aliphatic heterocycles. The van der Waals surface area contributed by atoms with Gasteiger partial charge in [0.1, 0.15) is 0 Å². The minimum atomic E-state index is -3.56. The number of carbonyl (C=O) groups excluding carboxylic acids is 1. The highest BCUT2D eigenvalue weighted by atomic mass is 35.5. The zero-order valence-corrected chi connectivity index (χ0v) is 13.9. The van der Waals surface area contributed by atoms with Crippen molar-refractivity contribution in [3.63, 3.8) is 0 Å². The Kier molecular flexibility index (Phi) is 6.46. The first-order chi connectivity index (χ1) is 10.2. The van der Waals surface area contributed by atoms with Crippen LogP contribution in [0.4, 0.5) is 8.78 Å². The van der Waals surface area contributed by atoms with Crippen LogP contribution in [0.5, 0.6) is 0 Å². The normalized spacial score (nSPS) is 19.9. The molecule has 0 bridgehead atoms. The molecule has 6 nitrogen and oxygen atoms in total. The number of carbonyl (C=O) groups is 1. The summed E-state index contributed by atoms with van der Waals surface area (Å²) in [4.78, 5) is 11.9. The molecule has 1 amide bonds. The molecule has 1 aromatic carbocycles. The molecule has 1 atom stereocenters. The second kappa shape index (κ2) is 7.52. The Hall–Kier alpha value is -1.29. The summed E-state index contributed by atoms with van der Waals surface area (Å²) in [5.41, 5.74) is 0.564. The van der Waals surface area contributed by atoms with E-state index in [1.807, 2.05) is 0 Å². The maximum absolute atomic E-state index is 13.0. The topological polar surface area (TPSA) is 87.3 Å². The Morgan fingerprint density at radius 1 is 1.43 bits per heavy atom. The maximum atomic E-state index is 13.0. The summed E-state index contributed by atoms with van der Waals surface area (Å²) < 4.78 is 51.6. The van der Waals surface area contributed by atoms with E-state index in [2.05, 4.69) is 15.4 Å². The number of sulfonamides is 1. The van der Waals surface area contributed by atoms with Crippen LogP contribution in [0.15, 0.2) is 29.2 Å². The summed E-state index contributed by atoms with van der Waals surface area (Å²) in [6.45, 7) is -0.448. The fourth-order valence-electron chi connectivity index (χ4n) is 2.15. The van der Waals surface area contributed by atoms with Crippen LogP contribution in [0, 0.1) is 0 Å². The van der Waals surface area contributed by atoms with Crippen LogP contribution in [0.1, 0.15) is 12.0 Å². The van der Waals surface area contributed by atoms with Crippen molar-refractivity contribution in [2.75, 3.05) is 13.6 Å². The summed E-state index contributed by atoms with van der Waals surface area (Å²) in [7, 11) is -2.26. The van der Waals surface area contributed by atoms with Gasteiger partial charge in [-0.25, -0.2) is 21.9 Å². The van der Waals surface area contributed by atoms with Crippen LogP contribution in [-0.2, 0) is 21.4 Å². The number of rotatable bonds is 5. The van der Waals surface area contributed by atoms with Gasteiger partial charge in [-0.05, 0) is 24.7 Å². The van der Waals surface area contributed by atoms with Crippen LogP contribution < -0.4 is 15.4 Å². The van der Waals surface area contributed by atoms with Crippen LogP contribution in [0.3, 0.4) is 0 Å². The van der Waals surface area contributed by atoms with Gasteiger partial charge in [-0.1, -0.05) is 12.1 Å². The molecule has 1 aliphatic rings.